The molecule has 2 aliphatic heterocycles. The van der Waals surface area contributed by atoms with Crippen LogP contribution >= 0.6 is 46.2 Å². The molecule has 0 bridgehead atoms. The van der Waals surface area contributed by atoms with Crippen LogP contribution in [0.2, 0.25) is 0 Å². The van der Waals surface area contributed by atoms with E-state index in [4.69, 9.17) is 10.6 Å². The molecule has 0 aliphatic carbocycles. The van der Waals surface area contributed by atoms with Gasteiger partial charge in [-0.3, -0.25) is 19.3 Å². The number of β-lactam (4-membered cyclic amide) rings is 1. The average Bonchev–Trinajstić information content (AvgIpc) is 3.40. The molecule has 45 heavy (non-hydrogen) atoms. The van der Waals surface area contributed by atoms with Gasteiger partial charge in [0.25, 0.3) is 11.8 Å². The number of aliphatic carboxylic acids is 2. The number of phenolic OH excluding ortho intramolecular Hbond substituents is 2. The highest BCUT2D eigenvalue weighted by Gasteiger charge is 2.54. The summed E-state index contributed by atoms with van der Waals surface area (Å²) < 4.78 is 0.965. The van der Waals surface area contributed by atoms with Crippen LogP contribution in [0, 0.1) is 0 Å². The summed E-state index contributed by atoms with van der Waals surface area (Å²) in [6.45, 7) is 2.45. The number of phenols is 2. The number of hydrogen-bond acceptors (Lipinski definition) is 15. The lowest BCUT2D eigenvalue weighted by atomic mass is 10.0. The van der Waals surface area contributed by atoms with E-state index in [1.54, 1.807) is 0 Å². The number of thiazole rings is 1. The Balaban J connectivity index is 1.34. The molecule has 1 fully saturated rings. The summed E-state index contributed by atoms with van der Waals surface area (Å²) in [5.74, 6) is -4.75. The van der Waals surface area contributed by atoms with E-state index in [2.05, 4.69) is 15.5 Å². The highest BCUT2D eigenvalue weighted by atomic mass is 32.2. The molecular weight excluding hydrogens is 671 g/mol. The SMILES string of the molecule is CC(C)(O/N=C(\C(=O)NC1C(=O)N2C(C(=O)O)=C(CSc3cc(=O)c4cc(O)c(O)cc4s3)CSC12)c1csc(N)n1)C(=O)O. The van der Waals surface area contributed by atoms with Crippen molar-refractivity contribution in [2.24, 2.45) is 5.16 Å². The zero-order chi connectivity index (χ0) is 32.8. The zero-order valence-corrected chi connectivity index (χ0v) is 26.4. The highest BCUT2D eigenvalue weighted by Crippen LogP contribution is 2.42. The number of nitrogen functional groups attached to an aromatic ring is 1. The van der Waals surface area contributed by atoms with Gasteiger partial charge in [-0.05, 0) is 25.5 Å². The van der Waals surface area contributed by atoms with Gasteiger partial charge in [-0.2, -0.15) is 0 Å². The van der Waals surface area contributed by atoms with E-state index in [-0.39, 0.29) is 44.6 Å². The van der Waals surface area contributed by atoms with E-state index in [0.717, 1.165) is 16.2 Å². The van der Waals surface area contributed by atoms with Crippen LogP contribution in [0.15, 0.2) is 49.0 Å². The smallest absolute Gasteiger partial charge is 0.352 e. The standard InChI is InChI=1S/C26H23N5O10S4/c1-26(2,24(39)40)41-30-17(11-8-44-25(27)28-11)20(35)29-18-21(36)31-19(23(37)38)9(7-43-22(18)31)6-42-16-5-12(32)10-3-13(33)14(34)4-15(10)45-16/h3-5,8,18,22,33-34H,6-7H2,1-2H3,(H2,27,28)(H,29,35)(H,37,38)(H,39,40)/b30-17-. The molecule has 15 nitrogen and oxygen atoms in total. The fourth-order valence-corrected chi connectivity index (χ4v) is 8.46. The minimum Gasteiger partial charge on any atom is -0.504 e. The Morgan fingerprint density at radius 3 is 2.56 bits per heavy atom. The van der Waals surface area contributed by atoms with Gasteiger partial charge in [0.05, 0.1) is 4.21 Å². The molecule has 7 N–H and O–H groups in total. The highest BCUT2D eigenvalue weighted by molar-refractivity contribution is 8.02. The molecule has 2 atom stereocenters. The van der Waals surface area contributed by atoms with Crippen LogP contribution < -0.4 is 16.5 Å². The Labute approximate surface area is 269 Å². The van der Waals surface area contributed by atoms with Crippen molar-refractivity contribution in [2.45, 2.75) is 35.1 Å². The van der Waals surface area contributed by atoms with Crippen LogP contribution in [-0.2, 0) is 24.0 Å². The van der Waals surface area contributed by atoms with Gasteiger partial charge in [-0.1, -0.05) is 5.16 Å². The van der Waals surface area contributed by atoms with Gasteiger partial charge < -0.3 is 36.3 Å². The van der Waals surface area contributed by atoms with Gasteiger partial charge in [0.1, 0.15) is 22.8 Å². The molecule has 3 aromatic rings. The lowest BCUT2D eigenvalue weighted by Crippen LogP contribution is -2.71. The number of fused-ring (bicyclic) bond motifs is 2. The largest absolute Gasteiger partial charge is 0.504 e. The Kier molecular flexibility index (Phi) is 8.71. The minimum absolute atomic E-state index is 0.00967. The summed E-state index contributed by atoms with van der Waals surface area (Å²) in [6, 6.07) is 2.67. The lowest BCUT2D eigenvalue weighted by molar-refractivity contribution is -0.161. The first-order chi connectivity index (χ1) is 21.2. The average molecular weight is 694 g/mol. The van der Waals surface area contributed by atoms with Gasteiger partial charge in [0.2, 0.25) is 5.60 Å². The summed E-state index contributed by atoms with van der Waals surface area (Å²) >= 11 is 4.59. The summed E-state index contributed by atoms with van der Waals surface area (Å²) in [5, 5.41) is 46.1. The van der Waals surface area contributed by atoms with Gasteiger partial charge in [0.15, 0.2) is 27.8 Å². The van der Waals surface area contributed by atoms with Crippen molar-refractivity contribution in [1.29, 1.82) is 0 Å². The van der Waals surface area contributed by atoms with Crippen LogP contribution in [0.1, 0.15) is 19.5 Å². The van der Waals surface area contributed by atoms with Crippen molar-refractivity contribution in [3.63, 3.8) is 0 Å². The van der Waals surface area contributed by atoms with Crippen molar-refractivity contribution < 1.29 is 44.4 Å². The summed E-state index contributed by atoms with van der Waals surface area (Å²) in [4.78, 5) is 73.0. The Bertz CT molecular complexity index is 1880. The molecule has 0 radical (unpaired) electrons. The number of nitrogens with one attached hydrogen (secondary N) is 1. The molecule has 2 aliphatic rings. The number of carboxylic acids is 2. The third-order valence-electron chi connectivity index (χ3n) is 6.59. The van der Waals surface area contributed by atoms with Gasteiger partial charge >= 0.3 is 11.9 Å². The zero-order valence-electron chi connectivity index (χ0n) is 23.2. The van der Waals surface area contributed by atoms with Crippen molar-refractivity contribution in [3.8, 4) is 11.5 Å². The summed E-state index contributed by atoms with van der Waals surface area (Å²) in [5.41, 5.74) is 3.26. The molecule has 0 spiro atoms. The molecule has 2 amide bonds. The maximum absolute atomic E-state index is 13.3. The fraction of sp³-hybridized carbons (Fsp3) is 0.269. The maximum Gasteiger partial charge on any atom is 0.352 e. The molecule has 5 rings (SSSR count). The number of carbonyl (C=O) groups excluding carboxylic acids is 2. The number of oxime groups is 1. The number of carbonyl (C=O) groups is 4. The molecule has 1 saturated heterocycles. The third-order valence-corrected chi connectivity index (χ3v) is 11.0. The quantitative estimate of drug-likeness (QED) is 0.0584. The van der Waals surface area contributed by atoms with E-state index in [9.17, 15) is 44.4 Å². The van der Waals surface area contributed by atoms with Crippen LogP contribution in [0.3, 0.4) is 0 Å². The van der Waals surface area contributed by atoms with Gasteiger partial charge in [0, 0.05) is 39.1 Å². The summed E-state index contributed by atoms with van der Waals surface area (Å²) in [7, 11) is 0. The number of carboxylic acid groups (broad SMARTS) is 2. The molecule has 19 heteroatoms. The first kappa shape index (κ1) is 32.1. The molecule has 2 unspecified atom stereocenters. The van der Waals surface area contributed by atoms with Crippen LogP contribution in [-0.4, -0.2) is 88.3 Å². The van der Waals surface area contributed by atoms with Crippen molar-refractivity contribution in [2.75, 3.05) is 17.2 Å². The topological polar surface area (TPSA) is 242 Å². The number of nitrogens with zero attached hydrogens (tertiary/aromatic N) is 3. The number of benzene rings is 1. The maximum atomic E-state index is 13.3. The second-order valence-corrected chi connectivity index (χ2v) is 14.4. The van der Waals surface area contributed by atoms with Crippen molar-refractivity contribution >= 4 is 90.9 Å². The number of thioether (sulfide) groups is 2. The number of amides is 2. The summed E-state index contributed by atoms with van der Waals surface area (Å²) in [6.07, 6.45) is 0. The first-order valence-electron chi connectivity index (χ1n) is 12.7. The van der Waals surface area contributed by atoms with Gasteiger partial charge in [-0.25, -0.2) is 14.6 Å². The molecule has 236 valence electrons. The number of hydrogen-bond donors (Lipinski definition) is 6. The van der Waals surface area contributed by atoms with Crippen LogP contribution in [0.4, 0.5) is 5.13 Å². The monoisotopic (exact) mass is 693 g/mol. The lowest BCUT2D eigenvalue weighted by Gasteiger charge is -2.49. The molecule has 2 aromatic heterocycles. The number of aromatic hydroxyl groups is 2. The van der Waals surface area contributed by atoms with Crippen molar-refractivity contribution in [3.05, 3.63) is 50.8 Å². The van der Waals surface area contributed by atoms with Crippen LogP contribution in [0.5, 0.6) is 11.5 Å². The molecule has 0 saturated carbocycles. The number of rotatable bonds is 10. The normalized spacial score (nSPS) is 18.4. The molecule has 1 aromatic carbocycles. The van der Waals surface area contributed by atoms with E-state index in [1.807, 2.05) is 0 Å². The van der Waals surface area contributed by atoms with Crippen LogP contribution in [0.25, 0.3) is 10.1 Å². The number of anilines is 1. The third kappa shape index (κ3) is 6.28. The Morgan fingerprint density at radius 2 is 1.91 bits per heavy atom. The van der Waals surface area contributed by atoms with E-state index < -0.39 is 52.2 Å². The molecule has 4 heterocycles. The van der Waals surface area contributed by atoms with E-state index >= 15 is 0 Å². The second kappa shape index (κ2) is 12.2. The van der Waals surface area contributed by atoms with Crippen molar-refractivity contribution in [1.82, 2.24) is 15.2 Å². The molecular formula is C26H23N5O10S4. The predicted octanol–water partition coefficient (Wildman–Crippen LogP) is 1.83. The second-order valence-electron chi connectivity index (χ2n) is 10.1. The number of nitrogens with two attached hydrogens (primary N) is 1. The predicted molar refractivity (Wildman–Crippen MR) is 168 cm³/mol. The fourth-order valence-electron chi connectivity index (χ4n) is 4.19. The van der Waals surface area contributed by atoms with Gasteiger partial charge in [-0.15, -0.1) is 46.2 Å². The van der Waals surface area contributed by atoms with E-state index in [0.29, 0.717) is 14.5 Å². The first-order valence-corrected chi connectivity index (χ1v) is 16.5. The Hall–Kier alpha value is -4.33. The minimum atomic E-state index is -1.79. The Morgan fingerprint density at radius 1 is 1.20 bits per heavy atom. The van der Waals surface area contributed by atoms with E-state index in [1.165, 1.54) is 72.3 Å². The number of aromatic nitrogens is 1.